The zero-order valence-corrected chi connectivity index (χ0v) is 21.2. The molecule has 174 valence electrons. The predicted molar refractivity (Wildman–Crippen MR) is 139 cm³/mol. The maximum absolute atomic E-state index is 5.64. The van der Waals surface area contributed by atoms with E-state index in [0.29, 0.717) is 6.61 Å². The lowest BCUT2D eigenvalue weighted by Gasteiger charge is -2.10. The van der Waals surface area contributed by atoms with Crippen LogP contribution in [0.25, 0.3) is 5.57 Å². The van der Waals surface area contributed by atoms with Crippen molar-refractivity contribution in [3.63, 3.8) is 0 Å². The molecule has 0 amide bonds. The van der Waals surface area contributed by atoms with Gasteiger partial charge in [0.1, 0.15) is 5.75 Å². The van der Waals surface area contributed by atoms with Gasteiger partial charge in [0.25, 0.3) is 0 Å². The van der Waals surface area contributed by atoms with Gasteiger partial charge in [0.2, 0.25) is 0 Å². The van der Waals surface area contributed by atoms with Gasteiger partial charge in [0.05, 0.1) is 19.8 Å². The van der Waals surface area contributed by atoms with Crippen molar-refractivity contribution in [2.24, 2.45) is 0 Å². The maximum Gasteiger partial charge on any atom is 0.119 e. The molecular formula is C27H43NO2S. The van der Waals surface area contributed by atoms with Crippen LogP contribution < -0.4 is 10.1 Å². The van der Waals surface area contributed by atoms with E-state index in [4.69, 9.17) is 9.47 Å². The number of thioether (sulfide) groups is 1. The molecule has 0 bridgehead atoms. The van der Waals surface area contributed by atoms with Crippen LogP contribution in [-0.4, -0.2) is 43.9 Å². The lowest BCUT2D eigenvalue weighted by atomic mass is 10.0. The molecule has 3 nitrogen and oxygen atoms in total. The number of ether oxygens (including phenoxy) is 2. The Hall–Kier alpha value is -1.49. The number of allylic oxidation sites excluding steroid dienone is 4. The molecule has 0 radical (unpaired) electrons. The Bertz CT molecular complexity index is 677. The molecule has 1 N–H and O–H groups in total. The van der Waals surface area contributed by atoms with Crippen molar-refractivity contribution in [2.45, 2.75) is 59.1 Å². The summed E-state index contributed by atoms with van der Waals surface area (Å²) in [7, 11) is 0. The van der Waals surface area contributed by atoms with E-state index in [0.717, 1.165) is 49.5 Å². The van der Waals surface area contributed by atoms with Crippen molar-refractivity contribution in [3.8, 4) is 5.75 Å². The molecule has 1 aliphatic heterocycles. The third-order valence-corrected chi connectivity index (χ3v) is 6.61. The number of nitrogens with one attached hydrogen (secondary N) is 1. The summed E-state index contributed by atoms with van der Waals surface area (Å²) in [4.78, 5) is 0. The minimum absolute atomic E-state index is 0.711. The van der Waals surface area contributed by atoms with Crippen LogP contribution in [0.5, 0.6) is 5.75 Å². The molecule has 0 atom stereocenters. The highest BCUT2D eigenvalue weighted by Gasteiger charge is 2.21. The molecule has 1 aromatic carbocycles. The maximum atomic E-state index is 5.64. The van der Waals surface area contributed by atoms with E-state index in [-0.39, 0.29) is 0 Å². The van der Waals surface area contributed by atoms with Crippen LogP contribution in [0.15, 0.2) is 48.6 Å². The molecule has 0 unspecified atom stereocenters. The first-order valence-corrected chi connectivity index (χ1v) is 13.0. The van der Waals surface area contributed by atoms with E-state index in [9.17, 15) is 0 Å². The Morgan fingerprint density at radius 2 is 1.87 bits per heavy atom. The number of hydrogen-bond acceptors (Lipinski definition) is 4. The fourth-order valence-electron chi connectivity index (χ4n) is 3.53. The molecule has 3 rings (SSSR count). The van der Waals surface area contributed by atoms with Gasteiger partial charge in [0.15, 0.2) is 0 Å². The van der Waals surface area contributed by atoms with Gasteiger partial charge in [-0.1, -0.05) is 58.6 Å². The molecule has 31 heavy (non-hydrogen) atoms. The van der Waals surface area contributed by atoms with Gasteiger partial charge in [-0.25, -0.2) is 0 Å². The van der Waals surface area contributed by atoms with Crippen LogP contribution in [-0.2, 0) is 11.2 Å². The van der Waals surface area contributed by atoms with Crippen molar-refractivity contribution >= 4 is 17.3 Å². The first-order chi connectivity index (χ1) is 15.2. The molecule has 0 saturated carbocycles. The second-order valence-corrected chi connectivity index (χ2v) is 8.44. The number of rotatable bonds is 8. The largest absolute Gasteiger partial charge is 0.494 e. The van der Waals surface area contributed by atoms with Gasteiger partial charge in [-0.05, 0) is 60.6 Å². The molecular weight excluding hydrogens is 402 g/mol. The Kier molecular flexibility index (Phi) is 15.2. The fraction of sp³-hybridized carbons (Fsp3) is 0.556. The summed E-state index contributed by atoms with van der Waals surface area (Å²) in [6.45, 7) is 19.0. The molecule has 2 aliphatic rings. The summed E-state index contributed by atoms with van der Waals surface area (Å²) in [6.07, 6.45) is 9.93. The van der Waals surface area contributed by atoms with Crippen molar-refractivity contribution in [1.29, 1.82) is 0 Å². The molecule has 0 aromatic heterocycles. The van der Waals surface area contributed by atoms with Crippen molar-refractivity contribution in [3.05, 3.63) is 59.7 Å². The summed E-state index contributed by atoms with van der Waals surface area (Å²) in [5.41, 5.74) is 5.44. The molecule has 1 heterocycles. The summed E-state index contributed by atoms with van der Waals surface area (Å²) >= 11 is 2.06. The first-order valence-electron chi connectivity index (χ1n) is 11.9. The van der Waals surface area contributed by atoms with E-state index < -0.39 is 0 Å². The molecule has 4 heteroatoms. The van der Waals surface area contributed by atoms with Gasteiger partial charge >= 0.3 is 0 Å². The Labute approximate surface area is 195 Å². The number of hydrogen-bond donors (Lipinski definition) is 1. The highest BCUT2D eigenvalue weighted by molar-refractivity contribution is 8.00. The van der Waals surface area contributed by atoms with Gasteiger partial charge in [-0.3, -0.25) is 0 Å². The van der Waals surface area contributed by atoms with E-state index in [2.05, 4.69) is 67.9 Å². The minimum atomic E-state index is 0.711. The minimum Gasteiger partial charge on any atom is -0.494 e. The number of fused-ring (bicyclic) bond motifs is 1. The highest BCUT2D eigenvalue weighted by Crippen LogP contribution is 2.39. The van der Waals surface area contributed by atoms with Gasteiger partial charge in [-0.15, -0.1) is 0 Å². The zero-order valence-electron chi connectivity index (χ0n) is 20.3. The van der Waals surface area contributed by atoms with Crippen LogP contribution in [0.4, 0.5) is 0 Å². The van der Waals surface area contributed by atoms with Crippen molar-refractivity contribution < 1.29 is 9.47 Å². The molecule has 1 aromatic rings. The van der Waals surface area contributed by atoms with Gasteiger partial charge in [-0.2, -0.15) is 11.8 Å². The summed E-state index contributed by atoms with van der Waals surface area (Å²) in [6, 6.07) is 6.44. The highest BCUT2D eigenvalue weighted by atomic mass is 32.2. The van der Waals surface area contributed by atoms with Gasteiger partial charge < -0.3 is 14.8 Å². The first kappa shape index (κ1) is 27.5. The number of benzene rings is 1. The van der Waals surface area contributed by atoms with E-state index >= 15 is 0 Å². The number of morpholine rings is 1. The average molecular weight is 446 g/mol. The van der Waals surface area contributed by atoms with Crippen molar-refractivity contribution in [1.82, 2.24) is 5.32 Å². The molecule has 1 fully saturated rings. The summed E-state index contributed by atoms with van der Waals surface area (Å²) in [5, 5.41) is 3.93. The quantitative estimate of drug-likeness (QED) is 0.483. The standard InChI is InChI=1S/C21H28OS.C4H9NO.C2H6/c1-5-9-20-16(12-13-23-19(6-2)7-3)14-17-15-18(22-8-4)10-11-21(17)20;1-3-6-4-2-5-1;1-2/h5,9-12,15,19H,1,6-8,13-14H2,2-4H3;5H,1-4H2;1-2H3/b16-12-,20-9+;;. The van der Waals surface area contributed by atoms with Crippen LogP contribution in [0, 0.1) is 0 Å². The summed E-state index contributed by atoms with van der Waals surface area (Å²) < 4.78 is 10.6. The molecule has 1 saturated heterocycles. The van der Waals surface area contributed by atoms with Crippen LogP contribution in [0.2, 0.25) is 0 Å². The monoisotopic (exact) mass is 445 g/mol. The van der Waals surface area contributed by atoms with Crippen LogP contribution in [0.3, 0.4) is 0 Å². The van der Waals surface area contributed by atoms with Crippen LogP contribution in [0.1, 0.15) is 58.6 Å². The Balaban J connectivity index is 0.000000508. The topological polar surface area (TPSA) is 30.5 Å². The normalized spacial score (nSPS) is 17.5. The van der Waals surface area contributed by atoms with E-state index in [1.54, 1.807) is 0 Å². The van der Waals surface area contributed by atoms with E-state index in [1.807, 2.05) is 26.8 Å². The Morgan fingerprint density at radius 1 is 1.16 bits per heavy atom. The smallest absolute Gasteiger partial charge is 0.119 e. The average Bonchev–Trinajstić information content (AvgIpc) is 3.16. The molecule has 1 aliphatic carbocycles. The second kappa shape index (κ2) is 17.1. The van der Waals surface area contributed by atoms with E-state index in [1.165, 1.54) is 35.1 Å². The third-order valence-electron chi connectivity index (χ3n) is 5.11. The van der Waals surface area contributed by atoms with Gasteiger partial charge in [0, 0.05) is 24.1 Å². The van der Waals surface area contributed by atoms with Crippen LogP contribution >= 0.6 is 11.8 Å². The predicted octanol–water partition coefficient (Wildman–Crippen LogP) is 6.69. The Morgan fingerprint density at radius 3 is 2.39 bits per heavy atom. The van der Waals surface area contributed by atoms with Crippen molar-refractivity contribution in [2.75, 3.05) is 38.7 Å². The SMILES string of the molecule is C1COCCN1.C=C/C=C1\C(=C/CSC(CC)CC)Cc2cc(OCC)ccc21.CC. The lowest BCUT2D eigenvalue weighted by Crippen LogP contribution is -2.30. The lowest BCUT2D eigenvalue weighted by molar-refractivity contribution is 0.109. The zero-order chi connectivity index (χ0) is 22.9. The second-order valence-electron chi connectivity index (χ2n) is 7.11. The summed E-state index contributed by atoms with van der Waals surface area (Å²) in [5.74, 6) is 2.06. The fourth-order valence-corrected chi connectivity index (χ4v) is 4.57. The third kappa shape index (κ3) is 9.67. The molecule has 0 spiro atoms.